The highest BCUT2D eigenvalue weighted by Crippen LogP contribution is 2.45. The van der Waals surface area contributed by atoms with Gasteiger partial charge in [0.1, 0.15) is 23.7 Å². The summed E-state index contributed by atoms with van der Waals surface area (Å²) >= 11 is 0. The Morgan fingerprint density at radius 2 is 1.91 bits per heavy atom. The van der Waals surface area contributed by atoms with Crippen molar-refractivity contribution in [2.24, 2.45) is 5.92 Å². The summed E-state index contributed by atoms with van der Waals surface area (Å²) in [4.78, 5) is 35.9. The zero-order valence-corrected chi connectivity index (χ0v) is 21.8. The molecule has 0 spiro atoms. The Hall–Kier alpha value is -2.60. The van der Waals surface area contributed by atoms with Gasteiger partial charge in [0, 0.05) is 0 Å². The predicted octanol–water partition coefficient (Wildman–Crippen LogP) is 2.41. The Labute approximate surface area is 204 Å². The van der Waals surface area contributed by atoms with E-state index in [0.29, 0.717) is 17.7 Å². The van der Waals surface area contributed by atoms with Crippen molar-refractivity contribution in [3.8, 4) is 0 Å². The van der Waals surface area contributed by atoms with Crippen LogP contribution in [0.4, 0.5) is 5.82 Å². The van der Waals surface area contributed by atoms with Crippen LogP contribution in [0.5, 0.6) is 0 Å². The van der Waals surface area contributed by atoms with Gasteiger partial charge in [-0.3, -0.25) is 14.2 Å². The van der Waals surface area contributed by atoms with Crippen molar-refractivity contribution in [2.75, 3.05) is 18.7 Å². The normalized spacial score (nSPS) is 15.6. The standard InChI is InChI=1S/C21H35N6O7P/c1-13(2)34-20(30)21(5,6)26-35(31,33-8-7-14(3)19(28)29)12-32-15(4)9-27-11-25-16-17(22)23-10-24-18(16)27/h10-11,13-15H,7-9,12H2,1-6H3,(H,26,31)(H,28,29)(H2,22,23,24)/t14-,15+,35-/m0/s1. The molecule has 0 saturated heterocycles. The fourth-order valence-corrected chi connectivity index (χ4v) is 5.02. The van der Waals surface area contributed by atoms with Crippen LogP contribution in [0, 0.1) is 5.92 Å². The highest BCUT2D eigenvalue weighted by molar-refractivity contribution is 7.56. The number of ether oxygens (including phenoxy) is 2. The van der Waals surface area contributed by atoms with E-state index in [1.807, 2.05) is 0 Å². The summed E-state index contributed by atoms with van der Waals surface area (Å²) in [6.45, 7) is 9.98. The Morgan fingerprint density at radius 3 is 2.54 bits per heavy atom. The van der Waals surface area contributed by atoms with E-state index < -0.39 is 37.0 Å². The van der Waals surface area contributed by atoms with Gasteiger partial charge in [0.15, 0.2) is 11.5 Å². The van der Waals surface area contributed by atoms with E-state index in [4.69, 9.17) is 24.8 Å². The maximum absolute atomic E-state index is 13.7. The number of rotatable bonds is 14. The van der Waals surface area contributed by atoms with Crippen molar-refractivity contribution >= 4 is 36.4 Å². The zero-order chi connectivity index (χ0) is 26.4. The maximum Gasteiger partial charge on any atom is 0.326 e. The van der Waals surface area contributed by atoms with E-state index >= 15 is 0 Å². The minimum atomic E-state index is -3.76. The van der Waals surface area contributed by atoms with Crippen LogP contribution in [0.15, 0.2) is 12.7 Å². The van der Waals surface area contributed by atoms with Crippen LogP contribution in [-0.4, -0.2) is 67.3 Å². The van der Waals surface area contributed by atoms with Gasteiger partial charge in [-0.2, -0.15) is 0 Å². The average molecular weight is 515 g/mol. The van der Waals surface area contributed by atoms with Crippen LogP contribution in [0.25, 0.3) is 11.2 Å². The maximum atomic E-state index is 13.7. The number of carboxylic acids is 1. The lowest BCUT2D eigenvalue weighted by molar-refractivity contribution is -0.153. The number of aliphatic carboxylic acids is 1. The summed E-state index contributed by atoms with van der Waals surface area (Å²) in [7, 11) is -3.76. The van der Waals surface area contributed by atoms with Crippen LogP contribution < -0.4 is 10.8 Å². The first kappa shape index (κ1) is 28.6. The highest BCUT2D eigenvalue weighted by atomic mass is 31.2. The first-order valence-corrected chi connectivity index (χ1v) is 13.0. The molecule has 0 aromatic carbocycles. The number of carbonyl (C=O) groups excluding carboxylic acids is 1. The van der Waals surface area contributed by atoms with Gasteiger partial charge in [-0.1, -0.05) is 6.92 Å². The summed E-state index contributed by atoms with van der Waals surface area (Å²) in [6, 6.07) is 0. The summed E-state index contributed by atoms with van der Waals surface area (Å²) in [5.41, 5.74) is 5.47. The Kier molecular flexibility index (Phi) is 9.73. The third-order valence-electron chi connectivity index (χ3n) is 4.99. The molecule has 0 saturated carbocycles. The molecule has 13 nitrogen and oxygen atoms in total. The number of nitrogens with one attached hydrogen (secondary N) is 1. The molecular weight excluding hydrogens is 479 g/mol. The van der Waals surface area contributed by atoms with E-state index in [-0.39, 0.29) is 31.3 Å². The van der Waals surface area contributed by atoms with Crippen molar-refractivity contribution in [1.29, 1.82) is 0 Å². The summed E-state index contributed by atoms with van der Waals surface area (Å²) in [6.07, 6.45) is 1.85. The van der Waals surface area contributed by atoms with Gasteiger partial charge in [-0.05, 0) is 41.0 Å². The topological polar surface area (TPSA) is 181 Å². The van der Waals surface area contributed by atoms with E-state index in [0.717, 1.165) is 0 Å². The molecule has 0 aliphatic heterocycles. The van der Waals surface area contributed by atoms with E-state index in [1.165, 1.54) is 27.1 Å². The van der Waals surface area contributed by atoms with Crippen LogP contribution in [-0.2, 0) is 34.7 Å². The first-order chi connectivity index (χ1) is 16.2. The molecule has 0 amide bonds. The van der Waals surface area contributed by atoms with Crippen LogP contribution >= 0.6 is 7.52 Å². The molecule has 0 fully saturated rings. The summed E-state index contributed by atoms with van der Waals surface area (Å²) in [5, 5.41) is 11.9. The third kappa shape index (κ3) is 8.24. The van der Waals surface area contributed by atoms with Crippen LogP contribution in [0.2, 0.25) is 0 Å². The molecule has 35 heavy (non-hydrogen) atoms. The number of carboxylic acid groups (broad SMARTS) is 1. The number of nitrogens with two attached hydrogens (primary N) is 1. The van der Waals surface area contributed by atoms with Crippen LogP contribution in [0.3, 0.4) is 0 Å². The minimum Gasteiger partial charge on any atom is -0.481 e. The lowest BCUT2D eigenvalue weighted by Crippen LogP contribution is -2.47. The quantitative estimate of drug-likeness (QED) is 0.248. The molecule has 0 aliphatic rings. The molecule has 2 aromatic heterocycles. The minimum absolute atomic E-state index is 0.104. The number of aromatic nitrogens is 4. The molecule has 196 valence electrons. The van der Waals surface area contributed by atoms with Crippen molar-refractivity contribution in [3.63, 3.8) is 0 Å². The van der Waals surface area contributed by atoms with E-state index in [1.54, 1.807) is 31.7 Å². The SMILES string of the molecule is CC(C)OC(=O)C(C)(C)N[P@](=O)(CO[C@H](C)Cn1cnc2c(N)ncnc21)OCC[C@H](C)C(=O)O. The molecule has 2 aromatic rings. The van der Waals surface area contributed by atoms with Gasteiger partial charge < -0.3 is 29.4 Å². The number of nitrogens with zero attached hydrogens (tertiary/aromatic N) is 4. The van der Waals surface area contributed by atoms with Crippen molar-refractivity contribution < 1.29 is 33.3 Å². The fraction of sp³-hybridized carbons (Fsp3) is 0.667. The Bertz CT molecular complexity index is 1070. The highest BCUT2D eigenvalue weighted by Gasteiger charge is 2.39. The summed E-state index contributed by atoms with van der Waals surface area (Å²) < 4.78 is 32.1. The van der Waals surface area contributed by atoms with Gasteiger partial charge >= 0.3 is 11.9 Å². The molecule has 0 radical (unpaired) electrons. The Morgan fingerprint density at radius 1 is 1.23 bits per heavy atom. The van der Waals surface area contributed by atoms with E-state index in [9.17, 15) is 14.2 Å². The monoisotopic (exact) mass is 514 g/mol. The molecule has 4 N–H and O–H groups in total. The predicted molar refractivity (Wildman–Crippen MR) is 129 cm³/mol. The number of carbonyl (C=O) groups is 2. The molecule has 2 heterocycles. The summed E-state index contributed by atoms with van der Waals surface area (Å²) in [5.74, 6) is -2.02. The first-order valence-electron chi connectivity index (χ1n) is 11.2. The smallest absolute Gasteiger partial charge is 0.326 e. The molecule has 0 bridgehead atoms. The van der Waals surface area contributed by atoms with Gasteiger partial charge in [0.25, 0.3) is 7.52 Å². The van der Waals surface area contributed by atoms with Gasteiger partial charge in [-0.25, -0.2) is 20.0 Å². The second kappa shape index (κ2) is 11.9. The second-order valence-corrected chi connectivity index (χ2v) is 11.2. The number of anilines is 1. The average Bonchev–Trinajstić information content (AvgIpc) is 3.15. The van der Waals surface area contributed by atoms with Crippen molar-refractivity contribution in [1.82, 2.24) is 24.6 Å². The van der Waals surface area contributed by atoms with Crippen LogP contribution in [0.1, 0.15) is 48.0 Å². The van der Waals surface area contributed by atoms with E-state index in [2.05, 4.69) is 20.0 Å². The zero-order valence-electron chi connectivity index (χ0n) is 20.9. The number of nitrogen functional groups attached to an aromatic ring is 1. The Balaban J connectivity index is 2.11. The third-order valence-corrected chi connectivity index (χ3v) is 6.98. The number of imidazole rings is 1. The number of esters is 1. The fourth-order valence-electron chi connectivity index (χ4n) is 3.02. The van der Waals surface area contributed by atoms with Gasteiger partial charge in [-0.15, -0.1) is 0 Å². The van der Waals surface area contributed by atoms with Crippen molar-refractivity contribution in [2.45, 2.75) is 72.3 Å². The molecule has 14 heteroatoms. The molecule has 2 rings (SSSR count). The molecule has 0 aliphatic carbocycles. The number of hydrogen-bond acceptors (Lipinski definition) is 10. The van der Waals surface area contributed by atoms with Gasteiger partial charge in [0.2, 0.25) is 0 Å². The molecule has 3 atom stereocenters. The largest absolute Gasteiger partial charge is 0.481 e. The van der Waals surface area contributed by atoms with Crippen molar-refractivity contribution in [3.05, 3.63) is 12.7 Å². The second-order valence-electron chi connectivity index (χ2n) is 9.16. The number of fused-ring (bicyclic) bond motifs is 1. The molecule has 0 unspecified atom stereocenters. The van der Waals surface area contributed by atoms with Gasteiger partial charge in [0.05, 0.1) is 37.6 Å². The lowest BCUT2D eigenvalue weighted by atomic mass is 10.1. The molecular formula is C21H35N6O7P. The lowest BCUT2D eigenvalue weighted by Gasteiger charge is -2.31. The number of hydrogen-bond donors (Lipinski definition) is 3.